The molecule has 1 saturated heterocycles. The third kappa shape index (κ3) is 3.15. The normalized spacial score (nSPS) is 27.2. The summed E-state index contributed by atoms with van der Waals surface area (Å²) in [6.07, 6.45) is 5.81. The molecule has 1 aromatic heterocycles. The second-order valence-corrected chi connectivity index (χ2v) is 7.73. The Hall–Kier alpha value is -2.47. The van der Waals surface area contributed by atoms with Crippen molar-refractivity contribution in [3.63, 3.8) is 0 Å². The van der Waals surface area contributed by atoms with Crippen molar-refractivity contribution < 1.29 is 23.8 Å². The Balaban J connectivity index is 1.80. The van der Waals surface area contributed by atoms with Crippen LogP contribution in [0, 0.1) is 5.92 Å². The van der Waals surface area contributed by atoms with Gasteiger partial charge in [-0.15, -0.1) is 0 Å². The maximum absolute atomic E-state index is 13.2. The molecule has 28 heavy (non-hydrogen) atoms. The van der Waals surface area contributed by atoms with E-state index in [0.717, 1.165) is 31.2 Å². The second kappa shape index (κ2) is 7.51. The number of nitrogens with zero attached hydrogens (tertiary/aromatic N) is 1. The fourth-order valence-electron chi connectivity index (χ4n) is 4.90. The Morgan fingerprint density at radius 2 is 2.07 bits per heavy atom. The highest BCUT2D eigenvalue weighted by molar-refractivity contribution is 5.92. The van der Waals surface area contributed by atoms with E-state index in [-0.39, 0.29) is 17.9 Å². The molecule has 1 aliphatic carbocycles. The number of hydrogen-bond acceptors (Lipinski definition) is 5. The quantitative estimate of drug-likeness (QED) is 0.867. The maximum Gasteiger partial charge on any atom is 0.290 e. The molecule has 3 atom stereocenters. The smallest absolute Gasteiger partial charge is 0.290 e. The van der Waals surface area contributed by atoms with Gasteiger partial charge in [0, 0.05) is 24.1 Å². The number of methoxy groups -OCH3 is 2. The monoisotopic (exact) mass is 385 g/mol. The predicted octanol–water partition coefficient (Wildman–Crippen LogP) is 3.81. The fraction of sp³-hybridized carbons (Fsp3) is 0.500. The van der Waals surface area contributed by atoms with Gasteiger partial charge in [0.05, 0.1) is 32.1 Å². The van der Waals surface area contributed by atoms with Gasteiger partial charge in [0.1, 0.15) is 11.5 Å². The van der Waals surface area contributed by atoms with E-state index in [4.69, 9.17) is 13.9 Å². The number of fused-ring (bicyclic) bond motifs is 1. The van der Waals surface area contributed by atoms with E-state index in [2.05, 4.69) is 0 Å². The summed E-state index contributed by atoms with van der Waals surface area (Å²) in [5.41, 5.74) is 0.140. The lowest BCUT2D eigenvalue weighted by Gasteiger charge is -2.52. The molecule has 0 radical (unpaired) electrons. The summed E-state index contributed by atoms with van der Waals surface area (Å²) < 4.78 is 16.4. The second-order valence-electron chi connectivity index (χ2n) is 7.73. The largest absolute Gasteiger partial charge is 0.497 e. The van der Waals surface area contributed by atoms with Crippen LogP contribution in [-0.2, 0) is 0 Å². The summed E-state index contributed by atoms with van der Waals surface area (Å²) in [5, 5.41) is 11.4. The van der Waals surface area contributed by atoms with E-state index in [1.54, 1.807) is 26.4 Å². The Morgan fingerprint density at radius 1 is 1.21 bits per heavy atom. The lowest BCUT2D eigenvalue weighted by molar-refractivity contribution is -0.115. The van der Waals surface area contributed by atoms with Crippen LogP contribution in [0.25, 0.3) is 0 Å². The lowest BCUT2D eigenvalue weighted by atomic mass is 9.66. The van der Waals surface area contributed by atoms with E-state index in [0.29, 0.717) is 30.2 Å². The first-order valence-corrected chi connectivity index (χ1v) is 9.86. The maximum atomic E-state index is 13.2. The third-order valence-electron chi connectivity index (χ3n) is 6.32. The van der Waals surface area contributed by atoms with Crippen molar-refractivity contribution in [2.24, 2.45) is 5.92 Å². The molecule has 6 heteroatoms. The predicted molar refractivity (Wildman–Crippen MR) is 104 cm³/mol. The van der Waals surface area contributed by atoms with Crippen LogP contribution >= 0.6 is 0 Å². The highest BCUT2D eigenvalue weighted by Gasteiger charge is 2.51. The van der Waals surface area contributed by atoms with Crippen LogP contribution in [0.1, 0.15) is 54.3 Å². The molecule has 4 rings (SSSR count). The van der Waals surface area contributed by atoms with Gasteiger partial charge in [-0.3, -0.25) is 4.79 Å². The molecule has 6 nitrogen and oxygen atoms in total. The Kier molecular flexibility index (Phi) is 5.06. The molecule has 1 saturated carbocycles. The summed E-state index contributed by atoms with van der Waals surface area (Å²) in [5.74, 6) is 1.48. The number of likely N-dealkylation sites (tertiary alicyclic amines) is 1. The zero-order chi connectivity index (χ0) is 19.7. The Morgan fingerprint density at radius 3 is 2.79 bits per heavy atom. The number of carbonyl (C=O) groups excluding carboxylic acids is 1. The summed E-state index contributed by atoms with van der Waals surface area (Å²) in [7, 11) is 3.23. The van der Waals surface area contributed by atoms with Crippen molar-refractivity contribution in [2.45, 2.75) is 43.7 Å². The van der Waals surface area contributed by atoms with Gasteiger partial charge in [0.25, 0.3) is 5.91 Å². The van der Waals surface area contributed by atoms with Crippen molar-refractivity contribution in [3.05, 3.63) is 47.9 Å². The topological polar surface area (TPSA) is 72.1 Å². The molecule has 2 heterocycles. The molecule has 2 aliphatic rings. The lowest BCUT2D eigenvalue weighted by Crippen LogP contribution is -2.56. The van der Waals surface area contributed by atoms with Gasteiger partial charge < -0.3 is 23.9 Å². The number of piperidine rings is 1. The van der Waals surface area contributed by atoms with Gasteiger partial charge in [0.2, 0.25) is 0 Å². The van der Waals surface area contributed by atoms with Gasteiger partial charge >= 0.3 is 0 Å². The first-order valence-electron chi connectivity index (χ1n) is 9.86. The molecule has 1 aliphatic heterocycles. The van der Waals surface area contributed by atoms with E-state index < -0.39 is 5.60 Å². The molecule has 0 spiro atoms. The standard InChI is InChI=1S/C22H27NO5/c1-26-15-8-9-16(19(14-15)27-2)20-17-6-3-4-10-22(17,25)11-12-23(20)21(24)18-7-5-13-28-18/h5,7-9,13-14,17,20,25H,3-4,6,10-12H2,1-2H3. The molecule has 0 bridgehead atoms. The molecule has 2 aromatic rings. The summed E-state index contributed by atoms with van der Waals surface area (Å²) in [6, 6.07) is 8.79. The summed E-state index contributed by atoms with van der Waals surface area (Å²) in [6.45, 7) is 0.479. The van der Waals surface area contributed by atoms with Crippen molar-refractivity contribution in [3.8, 4) is 11.5 Å². The minimum atomic E-state index is -0.756. The van der Waals surface area contributed by atoms with Crippen LogP contribution in [0.5, 0.6) is 11.5 Å². The molecular weight excluding hydrogens is 358 g/mol. The molecular formula is C22H27NO5. The van der Waals surface area contributed by atoms with Gasteiger partial charge in [0.15, 0.2) is 5.76 Å². The number of amides is 1. The minimum Gasteiger partial charge on any atom is -0.497 e. The van der Waals surface area contributed by atoms with Crippen LogP contribution < -0.4 is 9.47 Å². The fourth-order valence-corrected chi connectivity index (χ4v) is 4.90. The van der Waals surface area contributed by atoms with Gasteiger partial charge in [-0.1, -0.05) is 12.8 Å². The molecule has 150 valence electrons. The van der Waals surface area contributed by atoms with Crippen molar-refractivity contribution in [2.75, 3.05) is 20.8 Å². The Bertz CT molecular complexity index is 833. The van der Waals surface area contributed by atoms with Crippen molar-refractivity contribution >= 4 is 5.91 Å². The minimum absolute atomic E-state index is 0.0452. The van der Waals surface area contributed by atoms with Gasteiger partial charge in [-0.05, 0) is 43.5 Å². The van der Waals surface area contributed by atoms with Crippen molar-refractivity contribution in [1.29, 1.82) is 0 Å². The van der Waals surface area contributed by atoms with Crippen LogP contribution in [0.3, 0.4) is 0 Å². The highest BCUT2D eigenvalue weighted by Crippen LogP contribution is 2.51. The zero-order valence-corrected chi connectivity index (χ0v) is 16.4. The number of rotatable bonds is 4. The summed E-state index contributed by atoms with van der Waals surface area (Å²) in [4.78, 5) is 15.1. The average molecular weight is 385 g/mol. The SMILES string of the molecule is COc1ccc(C2C3CCCCC3(O)CCN2C(=O)c2ccco2)c(OC)c1. The van der Waals surface area contributed by atoms with Gasteiger partial charge in [-0.2, -0.15) is 0 Å². The summed E-state index contributed by atoms with van der Waals surface area (Å²) >= 11 is 0. The van der Waals surface area contributed by atoms with Crippen molar-refractivity contribution in [1.82, 2.24) is 4.90 Å². The van der Waals surface area contributed by atoms with Crippen LogP contribution in [0.4, 0.5) is 0 Å². The van der Waals surface area contributed by atoms with Crippen LogP contribution in [0.2, 0.25) is 0 Å². The molecule has 1 aromatic carbocycles. The first-order chi connectivity index (χ1) is 13.6. The number of ether oxygens (including phenoxy) is 2. The van der Waals surface area contributed by atoms with E-state index in [1.165, 1.54) is 6.26 Å². The first kappa shape index (κ1) is 18.9. The molecule has 2 fully saturated rings. The van der Waals surface area contributed by atoms with E-state index in [9.17, 15) is 9.90 Å². The van der Waals surface area contributed by atoms with E-state index in [1.807, 2.05) is 23.1 Å². The number of hydrogen-bond donors (Lipinski definition) is 1. The third-order valence-corrected chi connectivity index (χ3v) is 6.32. The number of carbonyl (C=O) groups is 1. The molecule has 1 amide bonds. The molecule has 3 unspecified atom stereocenters. The number of benzene rings is 1. The van der Waals surface area contributed by atoms with E-state index >= 15 is 0 Å². The zero-order valence-electron chi connectivity index (χ0n) is 16.4. The average Bonchev–Trinajstić information content (AvgIpc) is 3.26. The molecule has 1 N–H and O–H groups in total. The highest BCUT2D eigenvalue weighted by atomic mass is 16.5. The Labute approximate surface area is 165 Å². The number of aliphatic hydroxyl groups is 1. The number of furan rings is 1. The van der Waals surface area contributed by atoms with Gasteiger partial charge in [-0.25, -0.2) is 0 Å². The van der Waals surface area contributed by atoms with Crippen LogP contribution in [0.15, 0.2) is 41.0 Å². The van der Waals surface area contributed by atoms with Crippen LogP contribution in [-0.4, -0.2) is 42.3 Å².